The Kier molecular flexibility index (Phi) is 5.40. The van der Waals surface area contributed by atoms with Gasteiger partial charge in [0.25, 0.3) is 0 Å². The fourth-order valence-electron chi connectivity index (χ4n) is 2.09. The third-order valence-electron chi connectivity index (χ3n) is 3.12. The zero-order chi connectivity index (χ0) is 13.8. The quantitative estimate of drug-likeness (QED) is 0.763. The molecule has 0 bridgehead atoms. The molecule has 2 unspecified atom stereocenters. The molecule has 18 heavy (non-hydrogen) atoms. The fourth-order valence-corrected chi connectivity index (χ4v) is 2.09. The molecular formula is C11H18F3NO3. The van der Waals surface area contributed by atoms with Gasteiger partial charge in [0.15, 0.2) is 0 Å². The van der Waals surface area contributed by atoms with Crippen LogP contribution in [0.4, 0.5) is 13.2 Å². The van der Waals surface area contributed by atoms with E-state index >= 15 is 0 Å². The summed E-state index contributed by atoms with van der Waals surface area (Å²) in [7, 11) is 0. The molecule has 0 radical (unpaired) electrons. The van der Waals surface area contributed by atoms with Gasteiger partial charge in [-0.25, -0.2) is 0 Å². The molecule has 1 rings (SSSR count). The Morgan fingerprint density at radius 1 is 1.50 bits per heavy atom. The van der Waals surface area contributed by atoms with Crippen molar-refractivity contribution in [3.63, 3.8) is 0 Å². The van der Waals surface area contributed by atoms with Crippen molar-refractivity contribution in [1.82, 2.24) is 4.90 Å². The van der Waals surface area contributed by atoms with E-state index in [0.717, 1.165) is 6.42 Å². The summed E-state index contributed by atoms with van der Waals surface area (Å²) >= 11 is 0. The summed E-state index contributed by atoms with van der Waals surface area (Å²) in [5, 5.41) is 9.16. The molecule has 0 aromatic heterocycles. The number of aliphatic hydroxyl groups is 1. The van der Waals surface area contributed by atoms with Crippen molar-refractivity contribution in [2.75, 3.05) is 26.4 Å². The van der Waals surface area contributed by atoms with Crippen molar-refractivity contribution in [3.05, 3.63) is 0 Å². The molecule has 1 aliphatic heterocycles. The van der Waals surface area contributed by atoms with E-state index in [0.29, 0.717) is 6.54 Å². The zero-order valence-electron chi connectivity index (χ0n) is 10.2. The topological polar surface area (TPSA) is 49.8 Å². The van der Waals surface area contributed by atoms with Gasteiger partial charge in [-0.15, -0.1) is 0 Å². The smallest absolute Gasteiger partial charge is 0.394 e. The summed E-state index contributed by atoms with van der Waals surface area (Å²) in [4.78, 5) is 13.3. The molecule has 0 spiro atoms. The van der Waals surface area contributed by atoms with E-state index < -0.39 is 12.8 Å². The lowest BCUT2D eigenvalue weighted by Crippen LogP contribution is -2.40. The van der Waals surface area contributed by atoms with Crippen molar-refractivity contribution in [2.24, 2.45) is 5.92 Å². The van der Waals surface area contributed by atoms with Gasteiger partial charge in [-0.05, 0) is 12.3 Å². The van der Waals surface area contributed by atoms with Crippen LogP contribution >= 0.6 is 0 Å². The van der Waals surface area contributed by atoms with Crippen LogP contribution < -0.4 is 0 Å². The summed E-state index contributed by atoms with van der Waals surface area (Å²) in [6.07, 6.45) is -3.64. The normalized spacial score (nSPS) is 24.6. The fraction of sp³-hybridized carbons (Fsp3) is 0.909. The van der Waals surface area contributed by atoms with E-state index in [4.69, 9.17) is 5.11 Å². The largest absolute Gasteiger partial charge is 0.411 e. The standard InChI is InChI=1S/C11H18F3NO3/c1-8-2-4-15(9(8)6-16)10(17)3-5-18-7-11(12,13)14/h8-9,16H,2-7H2,1H3. The first-order chi connectivity index (χ1) is 8.35. The molecule has 1 amide bonds. The van der Waals surface area contributed by atoms with Crippen molar-refractivity contribution in [1.29, 1.82) is 0 Å². The number of carbonyl (C=O) groups excluding carboxylic acids is 1. The molecule has 106 valence electrons. The number of aliphatic hydroxyl groups excluding tert-OH is 1. The summed E-state index contributed by atoms with van der Waals surface area (Å²) in [6.45, 7) is 0.788. The number of hydrogen-bond donors (Lipinski definition) is 1. The minimum absolute atomic E-state index is 0.0840. The Bertz CT molecular complexity index is 283. The average molecular weight is 269 g/mol. The first-order valence-corrected chi connectivity index (χ1v) is 5.90. The van der Waals surface area contributed by atoms with Crippen LogP contribution in [0.1, 0.15) is 19.8 Å². The van der Waals surface area contributed by atoms with Crippen LogP contribution in [0.25, 0.3) is 0 Å². The van der Waals surface area contributed by atoms with Crippen molar-refractivity contribution >= 4 is 5.91 Å². The molecule has 7 heteroatoms. The highest BCUT2D eigenvalue weighted by Crippen LogP contribution is 2.24. The molecule has 4 nitrogen and oxygen atoms in total. The highest BCUT2D eigenvalue weighted by molar-refractivity contribution is 5.77. The maximum absolute atomic E-state index is 11.8. The molecule has 1 heterocycles. The second-order valence-electron chi connectivity index (χ2n) is 4.52. The van der Waals surface area contributed by atoms with Gasteiger partial charge < -0.3 is 14.7 Å². The summed E-state index contributed by atoms with van der Waals surface area (Å²) in [5.74, 6) is -0.0457. The number of amides is 1. The van der Waals surface area contributed by atoms with Gasteiger partial charge in [-0.1, -0.05) is 6.92 Å². The van der Waals surface area contributed by atoms with Crippen LogP contribution in [0, 0.1) is 5.92 Å². The second kappa shape index (κ2) is 6.38. The molecule has 0 aromatic rings. The zero-order valence-corrected chi connectivity index (χ0v) is 10.2. The predicted molar refractivity (Wildman–Crippen MR) is 57.9 cm³/mol. The highest BCUT2D eigenvalue weighted by atomic mass is 19.4. The minimum Gasteiger partial charge on any atom is -0.394 e. The van der Waals surface area contributed by atoms with Gasteiger partial charge in [0.05, 0.1) is 25.7 Å². The van der Waals surface area contributed by atoms with E-state index in [9.17, 15) is 18.0 Å². The Morgan fingerprint density at radius 2 is 2.17 bits per heavy atom. The van der Waals surface area contributed by atoms with Crippen LogP contribution in [0.5, 0.6) is 0 Å². The SMILES string of the molecule is CC1CCN(C(=O)CCOCC(F)(F)F)C1CO. The molecule has 0 aliphatic carbocycles. The molecule has 1 aliphatic rings. The van der Waals surface area contributed by atoms with Gasteiger partial charge in [0, 0.05) is 6.54 Å². The maximum Gasteiger partial charge on any atom is 0.411 e. The molecule has 1 N–H and O–H groups in total. The number of nitrogens with zero attached hydrogens (tertiary/aromatic N) is 1. The Labute approximate surface area is 104 Å². The van der Waals surface area contributed by atoms with E-state index in [2.05, 4.69) is 4.74 Å². The number of hydrogen-bond acceptors (Lipinski definition) is 3. The average Bonchev–Trinajstić information content (AvgIpc) is 2.64. The third-order valence-corrected chi connectivity index (χ3v) is 3.12. The Balaban J connectivity index is 2.29. The van der Waals surface area contributed by atoms with E-state index in [1.54, 1.807) is 0 Å². The number of carbonyl (C=O) groups is 1. The van der Waals surface area contributed by atoms with Gasteiger partial charge >= 0.3 is 6.18 Å². The minimum atomic E-state index is -4.36. The first-order valence-electron chi connectivity index (χ1n) is 5.90. The maximum atomic E-state index is 11.8. The van der Waals surface area contributed by atoms with Gasteiger partial charge in [0.1, 0.15) is 6.61 Å². The highest BCUT2D eigenvalue weighted by Gasteiger charge is 2.33. The number of ether oxygens (including phenoxy) is 1. The van der Waals surface area contributed by atoms with Crippen molar-refractivity contribution in [2.45, 2.75) is 32.0 Å². The van der Waals surface area contributed by atoms with Gasteiger partial charge in [-0.2, -0.15) is 13.2 Å². The van der Waals surface area contributed by atoms with Crippen molar-refractivity contribution in [3.8, 4) is 0 Å². The summed E-state index contributed by atoms with van der Waals surface area (Å²) in [5.41, 5.74) is 0. The lowest BCUT2D eigenvalue weighted by atomic mass is 10.0. The lowest BCUT2D eigenvalue weighted by Gasteiger charge is -2.25. The van der Waals surface area contributed by atoms with E-state index in [1.807, 2.05) is 6.92 Å². The Morgan fingerprint density at radius 3 is 2.72 bits per heavy atom. The molecule has 2 atom stereocenters. The number of halogens is 3. The van der Waals surface area contributed by atoms with Crippen LogP contribution in [-0.2, 0) is 9.53 Å². The predicted octanol–water partition coefficient (Wildman–Crippen LogP) is 1.18. The monoisotopic (exact) mass is 269 g/mol. The van der Waals surface area contributed by atoms with Gasteiger partial charge in [-0.3, -0.25) is 4.79 Å². The van der Waals surface area contributed by atoms with Gasteiger partial charge in [0.2, 0.25) is 5.91 Å². The second-order valence-corrected chi connectivity index (χ2v) is 4.52. The molecule has 0 aromatic carbocycles. The molecular weight excluding hydrogens is 251 g/mol. The number of alkyl halides is 3. The van der Waals surface area contributed by atoms with Crippen molar-refractivity contribution < 1.29 is 27.8 Å². The number of rotatable bonds is 5. The number of likely N-dealkylation sites (tertiary alicyclic amines) is 1. The summed E-state index contributed by atoms with van der Waals surface area (Å²) in [6, 6.07) is -0.222. The molecule has 0 saturated carbocycles. The molecule has 1 fully saturated rings. The van der Waals surface area contributed by atoms with Crippen LogP contribution in [0.3, 0.4) is 0 Å². The summed E-state index contributed by atoms with van der Waals surface area (Å²) < 4.78 is 39.8. The molecule has 1 saturated heterocycles. The van der Waals surface area contributed by atoms with Crippen LogP contribution in [-0.4, -0.2) is 54.5 Å². The van der Waals surface area contributed by atoms with Crippen LogP contribution in [0.15, 0.2) is 0 Å². The lowest BCUT2D eigenvalue weighted by molar-refractivity contribution is -0.175. The Hall–Kier alpha value is -0.820. The van der Waals surface area contributed by atoms with Crippen LogP contribution in [0.2, 0.25) is 0 Å². The van der Waals surface area contributed by atoms with E-state index in [1.165, 1.54) is 4.90 Å². The first kappa shape index (κ1) is 15.2. The van der Waals surface area contributed by atoms with E-state index in [-0.39, 0.29) is 37.5 Å². The third kappa shape index (κ3) is 4.45.